The van der Waals surface area contributed by atoms with Crippen molar-refractivity contribution in [3.63, 3.8) is 0 Å². The Hall–Kier alpha value is -1.49. The molecule has 0 radical (unpaired) electrons. The standard InChI is InChI=1S/C15H21F2NO2/c1-10(2)15-13(17)6-12(16)7-14(15)20-9-11(4-5-19)8-18-3/h5-7,10-11,18H,4,8-9H2,1-3H3. The van der Waals surface area contributed by atoms with Gasteiger partial charge in [-0.1, -0.05) is 13.8 Å². The van der Waals surface area contributed by atoms with Crippen LogP contribution in [-0.4, -0.2) is 26.5 Å². The van der Waals surface area contributed by atoms with Gasteiger partial charge in [0.15, 0.2) is 0 Å². The molecule has 1 N–H and O–H groups in total. The van der Waals surface area contributed by atoms with Crippen molar-refractivity contribution in [1.82, 2.24) is 5.32 Å². The molecule has 0 saturated heterocycles. The van der Waals surface area contributed by atoms with E-state index in [0.717, 1.165) is 12.4 Å². The molecule has 0 aromatic heterocycles. The normalized spacial score (nSPS) is 12.5. The van der Waals surface area contributed by atoms with Gasteiger partial charge >= 0.3 is 0 Å². The van der Waals surface area contributed by atoms with Crippen LogP contribution in [0.1, 0.15) is 31.7 Å². The molecular formula is C15H21F2NO2. The van der Waals surface area contributed by atoms with E-state index in [-0.39, 0.29) is 24.2 Å². The number of hydrogen-bond acceptors (Lipinski definition) is 3. The third kappa shape index (κ3) is 4.56. The molecule has 0 amide bonds. The van der Waals surface area contributed by atoms with Crippen LogP contribution >= 0.6 is 0 Å². The Morgan fingerprint density at radius 1 is 1.35 bits per heavy atom. The molecule has 1 atom stereocenters. The van der Waals surface area contributed by atoms with E-state index in [1.807, 2.05) is 13.8 Å². The lowest BCUT2D eigenvalue weighted by molar-refractivity contribution is -0.108. The third-order valence-corrected chi connectivity index (χ3v) is 3.03. The highest BCUT2D eigenvalue weighted by Gasteiger charge is 2.17. The van der Waals surface area contributed by atoms with Gasteiger partial charge in [-0.05, 0) is 13.0 Å². The Bertz CT molecular complexity index is 450. The van der Waals surface area contributed by atoms with Crippen molar-refractivity contribution in [1.29, 1.82) is 0 Å². The smallest absolute Gasteiger partial charge is 0.133 e. The van der Waals surface area contributed by atoms with Crippen molar-refractivity contribution in [3.8, 4) is 5.75 Å². The van der Waals surface area contributed by atoms with Crippen LogP contribution in [-0.2, 0) is 4.79 Å². The predicted molar refractivity (Wildman–Crippen MR) is 74.0 cm³/mol. The molecule has 0 heterocycles. The molecule has 1 unspecified atom stereocenters. The molecule has 0 saturated carbocycles. The number of carbonyl (C=O) groups is 1. The highest BCUT2D eigenvalue weighted by Crippen LogP contribution is 2.30. The highest BCUT2D eigenvalue weighted by atomic mass is 19.1. The zero-order valence-electron chi connectivity index (χ0n) is 12.1. The van der Waals surface area contributed by atoms with E-state index in [4.69, 9.17) is 4.74 Å². The van der Waals surface area contributed by atoms with Crippen molar-refractivity contribution in [2.24, 2.45) is 5.92 Å². The average molecular weight is 285 g/mol. The Kier molecular flexibility index (Phi) is 6.58. The minimum Gasteiger partial charge on any atom is -0.493 e. The van der Waals surface area contributed by atoms with Crippen LogP contribution in [0.25, 0.3) is 0 Å². The summed E-state index contributed by atoms with van der Waals surface area (Å²) in [6.45, 7) is 4.48. The fourth-order valence-electron chi connectivity index (χ4n) is 2.08. The number of nitrogens with one attached hydrogen (secondary N) is 1. The maximum absolute atomic E-state index is 13.8. The number of halogens is 2. The second-order valence-corrected chi connectivity index (χ2v) is 5.09. The van der Waals surface area contributed by atoms with Crippen LogP contribution < -0.4 is 10.1 Å². The van der Waals surface area contributed by atoms with Crippen LogP contribution in [0.4, 0.5) is 8.78 Å². The lowest BCUT2D eigenvalue weighted by atomic mass is 10.0. The molecule has 3 nitrogen and oxygen atoms in total. The summed E-state index contributed by atoms with van der Waals surface area (Å²) in [5.74, 6) is -1.19. The first-order valence-electron chi connectivity index (χ1n) is 6.69. The SMILES string of the molecule is CNCC(CC=O)COc1cc(F)cc(F)c1C(C)C. The van der Waals surface area contributed by atoms with Crippen LogP contribution in [0.2, 0.25) is 0 Å². The predicted octanol–water partition coefficient (Wildman–Crippen LogP) is 2.89. The second-order valence-electron chi connectivity index (χ2n) is 5.09. The van der Waals surface area contributed by atoms with Crippen LogP contribution in [0, 0.1) is 17.6 Å². The van der Waals surface area contributed by atoms with Gasteiger partial charge < -0.3 is 14.8 Å². The van der Waals surface area contributed by atoms with E-state index in [2.05, 4.69) is 5.32 Å². The Balaban J connectivity index is 2.87. The molecule has 0 bridgehead atoms. The zero-order chi connectivity index (χ0) is 15.1. The molecule has 0 fully saturated rings. The number of ether oxygens (including phenoxy) is 1. The lowest BCUT2D eigenvalue weighted by Gasteiger charge is -2.19. The first kappa shape index (κ1) is 16.6. The van der Waals surface area contributed by atoms with Crippen LogP contribution in [0.3, 0.4) is 0 Å². The summed E-state index contributed by atoms with van der Waals surface area (Å²) in [5, 5.41) is 2.96. The number of benzene rings is 1. The van der Waals surface area contributed by atoms with Gasteiger partial charge in [-0.3, -0.25) is 0 Å². The Morgan fingerprint density at radius 3 is 2.60 bits per heavy atom. The molecule has 20 heavy (non-hydrogen) atoms. The average Bonchev–Trinajstić information content (AvgIpc) is 2.35. The number of aldehydes is 1. The minimum atomic E-state index is -0.664. The highest BCUT2D eigenvalue weighted by molar-refractivity contribution is 5.49. The third-order valence-electron chi connectivity index (χ3n) is 3.03. The number of carbonyl (C=O) groups excluding carboxylic acids is 1. The number of hydrogen-bond donors (Lipinski definition) is 1. The summed E-state index contributed by atoms with van der Waals surface area (Å²) in [6.07, 6.45) is 1.16. The summed E-state index contributed by atoms with van der Waals surface area (Å²) in [6, 6.07) is 2.05. The summed E-state index contributed by atoms with van der Waals surface area (Å²) in [5.41, 5.74) is 0.362. The molecule has 0 aliphatic carbocycles. The van der Waals surface area contributed by atoms with Gasteiger partial charge in [0.2, 0.25) is 0 Å². The van der Waals surface area contributed by atoms with E-state index in [0.29, 0.717) is 18.5 Å². The Morgan fingerprint density at radius 2 is 2.05 bits per heavy atom. The van der Waals surface area contributed by atoms with Crippen molar-refractivity contribution in [3.05, 3.63) is 29.3 Å². The van der Waals surface area contributed by atoms with Gasteiger partial charge in [-0.25, -0.2) is 8.78 Å². The first-order chi connectivity index (χ1) is 9.49. The van der Waals surface area contributed by atoms with Crippen LogP contribution in [0.5, 0.6) is 5.75 Å². The molecule has 5 heteroatoms. The molecule has 1 rings (SSSR count). The van der Waals surface area contributed by atoms with Gasteiger partial charge in [0.05, 0.1) is 6.61 Å². The summed E-state index contributed by atoms with van der Waals surface area (Å²) >= 11 is 0. The van der Waals surface area contributed by atoms with Crippen molar-refractivity contribution in [2.45, 2.75) is 26.2 Å². The van der Waals surface area contributed by atoms with E-state index >= 15 is 0 Å². The Labute approximate surface area is 118 Å². The van der Waals surface area contributed by atoms with E-state index < -0.39 is 11.6 Å². The fourth-order valence-corrected chi connectivity index (χ4v) is 2.08. The van der Waals surface area contributed by atoms with E-state index in [1.54, 1.807) is 7.05 Å². The van der Waals surface area contributed by atoms with Gasteiger partial charge in [-0.2, -0.15) is 0 Å². The maximum Gasteiger partial charge on any atom is 0.133 e. The van der Waals surface area contributed by atoms with E-state index in [1.165, 1.54) is 6.07 Å². The summed E-state index contributed by atoms with van der Waals surface area (Å²) < 4.78 is 32.6. The second kappa shape index (κ2) is 7.94. The molecular weight excluding hydrogens is 264 g/mol. The molecule has 0 spiro atoms. The largest absolute Gasteiger partial charge is 0.493 e. The zero-order valence-corrected chi connectivity index (χ0v) is 12.1. The minimum absolute atomic E-state index is 0.0242. The molecule has 0 aliphatic rings. The van der Waals surface area contributed by atoms with Gasteiger partial charge in [0.25, 0.3) is 0 Å². The maximum atomic E-state index is 13.8. The van der Waals surface area contributed by atoms with Gasteiger partial charge in [-0.15, -0.1) is 0 Å². The molecule has 1 aromatic rings. The van der Waals surface area contributed by atoms with Crippen molar-refractivity contribution in [2.75, 3.05) is 20.2 Å². The lowest BCUT2D eigenvalue weighted by Crippen LogP contribution is -2.25. The topological polar surface area (TPSA) is 38.3 Å². The number of rotatable bonds is 8. The van der Waals surface area contributed by atoms with Gasteiger partial charge in [0, 0.05) is 36.6 Å². The quantitative estimate of drug-likeness (QED) is 0.746. The van der Waals surface area contributed by atoms with E-state index in [9.17, 15) is 13.6 Å². The molecule has 1 aromatic carbocycles. The molecule has 112 valence electrons. The van der Waals surface area contributed by atoms with Crippen LogP contribution in [0.15, 0.2) is 12.1 Å². The van der Waals surface area contributed by atoms with Crippen molar-refractivity contribution < 1.29 is 18.3 Å². The monoisotopic (exact) mass is 285 g/mol. The molecule has 0 aliphatic heterocycles. The fraction of sp³-hybridized carbons (Fsp3) is 0.533. The first-order valence-corrected chi connectivity index (χ1v) is 6.69. The summed E-state index contributed by atoms with van der Waals surface area (Å²) in [7, 11) is 1.78. The summed E-state index contributed by atoms with van der Waals surface area (Å²) in [4.78, 5) is 10.6. The van der Waals surface area contributed by atoms with Crippen molar-refractivity contribution >= 4 is 6.29 Å². The van der Waals surface area contributed by atoms with Gasteiger partial charge in [0.1, 0.15) is 23.7 Å².